The normalized spacial score (nSPS) is 10.5. The monoisotopic (exact) mass is 300 g/mol. The molecule has 0 aromatic carbocycles. The van der Waals surface area contributed by atoms with E-state index in [-0.39, 0.29) is 22.6 Å². The lowest BCUT2D eigenvalue weighted by atomic mass is 10.3. The van der Waals surface area contributed by atoms with E-state index in [1.807, 2.05) is 0 Å². The number of rotatable bonds is 3. The van der Waals surface area contributed by atoms with E-state index in [0.717, 1.165) is 0 Å². The Balaban J connectivity index is 2.44. The molecule has 0 radical (unpaired) electrons. The van der Waals surface area contributed by atoms with Crippen LogP contribution in [-0.2, 0) is 4.74 Å². The quantitative estimate of drug-likeness (QED) is 0.814. The molecule has 6 nitrogen and oxygen atoms in total. The van der Waals surface area contributed by atoms with E-state index >= 15 is 0 Å². The van der Waals surface area contributed by atoms with Gasteiger partial charge in [0.25, 0.3) is 0 Å². The van der Waals surface area contributed by atoms with Crippen molar-refractivity contribution in [2.45, 2.75) is 13.8 Å². The van der Waals surface area contributed by atoms with E-state index in [1.165, 1.54) is 10.7 Å². The number of nitrogens with zero attached hydrogens (tertiary/aromatic N) is 4. The van der Waals surface area contributed by atoms with Gasteiger partial charge in [0, 0.05) is 17.8 Å². The van der Waals surface area contributed by atoms with Gasteiger partial charge in [-0.15, -0.1) is 10.2 Å². The highest BCUT2D eigenvalue weighted by atomic mass is 35.5. The van der Waals surface area contributed by atoms with Gasteiger partial charge in [-0.1, -0.05) is 23.2 Å². The Bertz CT molecular complexity index is 627. The molecule has 8 heteroatoms. The molecule has 0 saturated heterocycles. The Morgan fingerprint density at radius 3 is 2.84 bits per heavy atom. The minimum absolute atomic E-state index is 0.141. The van der Waals surface area contributed by atoms with Crippen molar-refractivity contribution in [2.24, 2.45) is 0 Å². The van der Waals surface area contributed by atoms with Gasteiger partial charge in [0.15, 0.2) is 16.0 Å². The van der Waals surface area contributed by atoms with Crippen LogP contribution in [0, 0.1) is 6.92 Å². The third-order valence-electron chi connectivity index (χ3n) is 2.31. The van der Waals surface area contributed by atoms with Crippen molar-refractivity contribution >= 4 is 29.2 Å². The van der Waals surface area contributed by atoms with Crippen LogP contribution in [0.5, 0.6) is 0 Å². The first-order valence-corrected chi connectivity index (χ1v) is 6.21. The molecule has 19 heavy (non-hydrogen) atoms. The average molecular weight is 301 g/mol. The SMILES string of the molecule is CCOC(=O)c1nn(-c2cc(Cl)nnc2Cl)cc1C. The highest BCUT2D eigenvalue weighted by Gasteiger charge is 2.17. The number of carbonyl (C=O) groups is 1. The van der Waals surface area contributed by atoms with Gasteiger partial charge in [0.05, 0.1) is 6.61 Å². The fraction of sp³-hybridized carbons (Fsp3) is 0.273. The fourth-order valence-corrected chi connectivity index (χ4v) is 1.81. The van der Waals surface area contributed by atoms with Gasteiger partial charge in [0.2, 0.25) is 0 Å². The molecule has 0 N–H and O–H groups in total. The molecular formula is C11H10Cl2N4O2. The summed E-state index contributed by atoms with van der Waals surface area (Å²) in [5, 5.41) is 11.7. The maximum Gasteiger partial charge on any atom is 0.359 e. The maximum atomic E-state index is 11.7. The Morgan fingerprint density at radius 1 is 1.42 bits per heavy atom. The summed E-state index contributed by atoms with van der Waals surface area (Å²) in [5.41, 5.74) is 1.34. The highest BCUT2D eigenvalue weighted by molar-refractivity contribution is 6.32. The Labute approximate surface area is 119 Å². The first-order valence-electron chi connectivity index (χ1n) is 5.45. The van der Waals surface area contributed by atoms with Crippen LogP contribution < -0.4 is 0 Å². The molecule has 0 saturated carbocycles. The van der Waals surface area contributed by atoms with E-state index in [9.17, 15) is 4.79 Å². The maximum absolute atomic E-state index is 11.7. The lowest BCUT2D eigenvalue weighted by Gasteiger charge is -2.02. The molecule has 0 aliphatic heterocycles. The number of aryl methyl sites for hydroxylation is 1. The highest BCUT2D eigenvalue weighted by Crippen LogP contribution is 2.21. The molecule has 100 valence electrons. The molecular weight excluding hydrogens is 291 g/mol. The van der Waals surface area contributed by atoms with E-state index < -0.39 is 5.97 Å². The van der Waals surface area contributed by atoms with Crippen LogP contribution in [0.15, 0.2) is 12.3 Å². The first kappa shape index (κ1) is 13.8. The van der Waals surface area contributed by atoms with E-state index in [0.29, 0.717) is 11.3 Å². The van der Waals surface area contributed by atoms with Crippen LogP contribution in [0.2, 0.25) is 10.3 Å². The second-order valence-corrected chi connectivity index (χ2v) is 4.41. The van der Waals surface area contributed by atoms with Crippen molar-refractivity contribution in [3.8, 4) is 5.69 Å². The van der Waals surface area contributed by atoms with Gasteiger partial charge in [-0.05, 0) is 13.8 Å². The zero-order valence-corrected chi connectivity index (χ0v) is 11.7. The Kier molecular flexibility index (Phi) is 4.01. The zero-order valence-electron chi connectivity index (χ0n) is 10.2. The van der Waals surface area contributed by atoms with Crippen LogP contribution in [-0.4, -0.2) is 32.6 Å². The van der Waals surface area contributed by atoms with Crippen LogP contribution >= 0.6 is 23.2 Å². The first-order chi connectivity index (χ1) is 9.02. The number of hydrogen-bond acceptors (Lipinski definition) is 5. The van der Waals surface area contributed by atoms with Crippen LogP contribution in [0.3, 0.4) is 0 Å². The topological polar surface area (TPSA) is 69.9 Å². The Hall–Kier alpha value is -1.66. The van der Waals surface area contributed by atoms with Crippen molar-refractivity contribution in [1.82, 2.24) is 20.0 Å². The van der Waals surface area contributed by atoms with Crippen LogP contribution in [0.1, 0.15) is 23.0 Å². The van der Waals surface area contributed by atoms with Crippen molar-refractivity contribution in [2.75, 3.05) is 6.61 Å². The van der Waals surface area contributed by atoms with Gasteiger partial charge >= 0.3 is 5.97 Å². The number of hydrogen-bond donors (Lipinski definition) is 0. The third kappa shape index (κ3) is 2.85. The molecule has 0 aliphatic carbocycles. The molecule has 0 unspecified atom stereocenters. The smallest absolute Gasteiger partial charge is 0.359 e. The molecule has 2 aromatic rings. The molecule has 0 spiro atoms. The summed E-state index contributed by atoms with van der Waals surface area (Å²) in [7, 11) is 0. The molecule has 0 aliphatic rings. The molecule has 0 fully saturated rings. The van der Waals surface area contributed by atoms with E-state index in [4.69, 9.17) is 27.9 Å². The summed E-state index contributed by atoms with van der Waals surface area (Å²) >= 11 is 11.7. The number of carbonyl (C=O) groups excluding carboxylic acids is 1. The van der Waals surface area contributed by atoms with Gasteiger partial charge in [-0.25, -0.2) is 9.48 Å². The Morgan fingerprint density at radius 2 is 2.16 bits per heavy atom. The van der Waals surface area contributed by atoms with Crippen LogP contribution in [0.4, 0.5) is 0 Å². The van der Waals surface area contributed by atoms with Gasteiger partial charge in [0.1, 0.15) is 5.69 Å². The lowest BCUT2D eigenvalue weighted by molar-refractivity contribution is 0.0518. The van der Waals surface area contributed by atoms with Gasteiger partial charge < -0.3 is 4.74 Å². The minimum atomic E-state index is -0.483. The number of esters is 1. The molecule has 0 bridgehead atoms. The van der Waals surface area contributed by atoms with Crippen molar-refractivity contribution in [3.63, 3.8) is 0 Å². The second kappa shape index (κ2) is 5.54. The summed E-state index contributed by atoms with van der Waals surface area (Å²) in [6.45, 7) is 3.77. The number of ether oxygens (including phenoxy) is 1. The summed E-state index contributed by atoms with van der Waals surface area (Å²) in [6.07, 6.45) is 1.64. The largest absolute Gasteiger partial charge is 0.461 e. The van der Waals surface area contributed by atoms with E-state index in [2.05, 4.69) is 15.3 Å². The fourth-order valence-electron chi connectivity index (χ4n) is 1.49. The third-order valence-corrected chi connectivity index (χ3v) is 2.77. The van der Waals surface area contributed by atoms with Crippen molar-refractivity contribution in [3.05, 3.63) is 33.8 Å². The van der Waals surface area contributed by atoms with Gasteiger partial charge in [-0.3, -0.25) is 0 Å². The van der Waals surface area contributed by atoms with E-state index in [1.54, 1.807) is 20.0 Å². The zero-order chi connectivity index (χ0) is 14.0. The molecule has 0 amide bonds. The minimum Gasteiger partial charge on any atom is -0.461 e. The number of halogens is 2. The molecule has 0 atom stereocenters. The predicted molar refractivity (Wildman–Crippen MR) is 69.9 cm³/mol. The predicted octanol–water partition coefficient (Wildman–Crippen LogP) is 2.45. The standard InChI is InChI=1S/C11H10Cl2N4O2/c1-3-19-11(18)9-6(2)5-17(16-9)7-4-8(12)14-15-10(7)13/h4-5H,3H2,1-2H3. The summed E-state index contributed by atoms with van der Waals surface area (Å²) in [5.74, 6) is -0.483. The lowest BCUT2D eigenvalue weighted by Crippen LogP contribution is -2.08. The molecule has 2 aromatic heterocycles. The molecule has 2 heterocycles. The van der Waals surface area contributed by atoms with Crippen molar-refractivity contribution < 1.29 is 9.53 Å². The van der Waals surface area contributed by atoms with Crippen LogP contribution in [0.25, 0.3) is 5.69 Å². The van der Waals surface area contributed by atoms with Crippen molar-refractivity contribution in [1.29, 1.82) is 0 Å². The number of aromatic nitrogens is 4. The second-order valence-electron chi connectivity index (χ2n) is 3.67. The summed E-state index contributed by atoms with van der Waals surface area (Å²) in [4.78, 5) is 11.7. The molecule has 2 rings (SSSR count). The average Bonchev–Trinajstić information content (AvgIpc) is 2.74. The van der Waals surface area contributed by atoms with Gasteiger partial charge in [-0.2, -0.15) is 5.10 Å². The summed E-state index contributed by atoms with van der Waals surface area (Å²) < 4.78 is 6.33. The summed E-state index contributed by atoms with van der Waals surface area (Å²) in [6, 6.07) is 1.51.